The van der Waals surface area contributed by atoms with Gasteiger partial charge in [-0.05, 0) is 12.5 Å². The molecule has 0 spiro atoms. The predicted molar refractivity (Wildman–Crippen MR) is 40.5 cm³/mol. The number of aryl methyl sites for hydroxylation is 1. The summed E-state index contributed by atoms with van der Waals surface area (Å²) in [5.41, 5.74) is 1.55. The van der Waals surface area contributed by atoms with Gasteiger partial charge < -0.3 is 0 Å². The van der Waals surface area contributed by atoms with Gasteiger partial charge in [0.25, 0.3) is 5.56 Å². The summed E-state index contributed by atoms with van der Waals surface area (Å²) in [4.78, 5) is 14.8. The molecule has 11 heavy (non-hydrogen) atoms. The Balaban J connectivity index is 2.92. The van der Waals surface area contributed by atoms with Crippen LogP contribution in [0.4, 0.5) is 0 Å². The van der Waals surface area contributed by atoms with Crippen molar-refractivity contribution in [3.63, 3.8) is 0 Å². The lowest BCUT2D eigenvalue weighted by Gasteiger charge is -1.92. The van der Waals surface area contributed by atoms with E-state index in [1.165, 1.54) is 6.07 Å². The minimum absolute atomic E-state index is 0.122. The minimum atomic E-state index is -0.122. The van der Waals surface area contributed by atoms with Crippen molar-refractivity contribution in [1.29, 1.82) is 0 Å². The van der Waals surface area contributed by atoms with Crippen LogP contribution in [0.25, 0.3) is 5.65 Å². The Hall–Kier alpha value is -1.58. The molecule has 0 aromatic carbocycles. The smallest absolute Gasteiger partial charge is 0.266 e. The van der Waals surface area contributed by atoms with Gasteiger partial charge in [0.15, 0.2) is 5.65 Å². The molecule has 2 aromatic heterocycles. The molecule has 0 atom stereocenters. The molecular weight excluding hydrogens is 142 g/mol. The Kier molecular flexibility index (Phi) is 1.09. The van der Waals surface area contributed by atoms with Crippen molar-refractivity contribution < 1.29 is 0 Å². The van der Waals surface area contributed by atoms with E-state index >= 15 is 0 Å². The van der Waals surface area contributed by atoms with Crippen LogP contribution < -0.4 is 5.56 Å². The molecule has 0 saturated carbocycles. The summed E-state index contributed by atoms with van der Waals surface area (Å²) < 4.78 is 1.61. The third kappa shape index (κ3) is 0.920. The maximum atomic E-state index is 10.8. The highest BCUT2D eigenvalue weighted by Crippen LogP contribution is 1.96. The Morgan fingerprint density at radius 1 is 1.64 bits per heavy atom. The monoisotopic (exact) mass is 149 g/mol. The maximum absolute atomic E-state index is 10.8. The molecule has 0 unspecified atom stereocenters. The van der Waals surface area contributed by atoms with E-state index in [2.05, 4.69) is 10.1 Å². The van der Waals surface area contributed by atoms with Gasteiger partial charge in [0.05, 0.1) is 0 Å². The van der Waals surface area contributed by atoms with Crippen LogP contribution in [0.3, 0.4) is 0 Å². The van der Waals surface area contributed by atoms with E-state index in [0.717, 1.165) is 5.56 Å². The average Bonchev–Trinajstić information content (AvgIpc) is 2.27. The fourth-order valence-corrected chi connectivity index (χ4v) is 0.998. The Labute approximate surface area is 62.5 Å². The number of hydrogen-bond acceptors (Lipinski definition) is 2. The second-order valence-electron chi connectivity index (χ2n) is 2.48. The Morgan fingerprint density at radius 3 is 3.27 bits per heavy atom. The van der Waals surface area contributed by atoms with Crippen LogP contribution >= 0.6 is 0 Å². The summed E-state index contributed by atoms with van der Waals surface area (Å²) in [6.45, 7) is 1.92. The standard InChI is InChI=1S/C7H7N3O/c1-5-3-8-6-2-7(11)9-10(6)4-5/h2-4H,1H3,(H,9,11). The summed E-state index contributed by atoms with van der Waals surface area (Å²) in [5.74, 6) is 0. The lowest BCUT2D eigenvalue weighted by atomic mass is 10.4. The quantitative estimate of drug-likeness (QED) is 0.586. The zero-order chi connectivity index (χ0) is 7.84. The first-order chi connectivity index (χ1) is 5.25. The zero-order valence-corrected chi connectivity index (χ0v) is 6.03. The van der Waals surface area contributed by atoms with Gasteiger partial charge in [-0.25, -0.2) is 9.50 Å². The highest BCUT2D eigenvalue weighted by Gasteiger charge is 1.94. The molecule has 2 heterocycles. The van der Waals surface area contributed by atoms with Crippen LogP contribution in [-0.4, -0.2) is 14.6 Å². The molecule has 2 rings (SSSR count). The van der Waals surface area contributed by atoms with Crippen molar-refractivity contribution in [3.8, 4) is 0 Å². The van der Waals surface area contributed by atoms with Gasteiger partial charge in [-0.15, -0.1) is 0 Å². The number of nitrogens with one attached hydrogen (secondary N) is 1. The molecule has 2 aromatic rings. The SMILES string of the molecule is Cc1cnc2cc(=O)[nH]n2c1. The number of fused-ring (bicyclic) bond motifs is 1. The molecule has 1 N–H and O–H groups in total. The van der Waals surface area contributed by atoms with E-state index in [4.69, 9.17) is 0 Å². The van der Waals surface area contributed by atoms with E-state index in [0.29, 0.717) is 5.65 Å². The average molecular weight is 149 g/mol. The first kappa shape index (κ1) is 6.15. The van der Waals surface area contributed by atoms with Crippen molar-refractivity contribution in [2.45, 2.75) is 6.92 Å². The van der Waals surface area contributed by atoms with Crippen molar-refractivity contribution >= 4 is 5.65 Å². The van der Waals surface area contributed by atoms with Gasteiger partial charge in [-0.1, -0.05) is 0 Å². The van der Waals surface area contributed by atoms with Gasteiger partial charge >= 0.3 is 0 Å². The van der Waals surface area contributed by atoms with Gasteiger partial charge in [0.2, 0.25) is 0 Å². The van der Waals surface area contributed by atoms with Crippen molar-refractivity contribution in [2.24, 2.45) is 0 Å². The van der Waals surface area contributed by atoms with E-state index < -0.39 is 0 Å². The first-order valence-corrected chi connectivity index (χ1v) is 3.30. The number of aromatic amines is 1. The fourth-order valence-electron chi connectivity index (χ4n) is 0.998. The molecule has 0 aliphatic carbocycles. The van der Waals surface area contributed by atoms with E-state index in [1.54, 1.807) is 10.7 Å². The fraction of sp³-hybridized carbons (Fsp3) is 0.143. The molecule has 56 valence electrons. The van der Waals surface area contributed by atoms with Gasteiger partial charge in [-0.3, -0.25) is 9.89 Å². The normalized spacial score (nSPS) is 10.6. The molecule has 4 nitrogen and oxygen atoms in total. The third-order valence-electron chi connectivity index (χ3n) is 1.47. The highest BCUT2D eigenvalue weighted by atomic mass is 16.1. The van der Waals surface area contributed by atoms with Crippen LogP contribution in [0.15, 0.2) is 23.3 Å². The number of rotatable bonds is 0. The Bertz CT molecular complexity index is 440. The van der Waals surface area contributed by atoms with E-state index in [-0.39, 0.29) is 5.56 Å². The number of aromatic nitrogens is 3. The van der Waals surface area contributed by atoms with Crippen molar-refractivity contribution in [2.75, 3.05) is 0 Å². The lowest BCUT2D eigenvalue weighted by molar-refractivity contribution is 0.910. The van der Waals surface area contributed by atoms with Crippen LogP contribution in [0, 0.1) is 6.92 Å². The molecule has 0 amide bonds. The summed E-state index contributed by atoms with van der Waals surface area (Å²) in [6.07, 6.45) is 3.55. The third-order valence-corrected chi connectivity index (χ3v) is 1.47. The molecule has 0 aliphatic rings. The van der Waals surface area contributed by atoms with Crippen molar-refractivity contribution in [3.05, 3.63) is 34.4 Å². The number of H-pyrrole nitrogens is 1. The second-order valence-corrected chi connectivity index (χ2v) is 2.48. The predicted octanol–water partition coefficient (Wildman–Crippen LogP) is 0.331. The molecule has 0 fully saturated rings. The zero-order valence-electron chi connectivity index (χ0n) is 6.03. The largest absolute Gasteiger partial charge is 0.268 e. The highest BCUT2D eigenvalue weighted by molar-refractivity contribution is 5.35. The molecule has 0 bridgehead atoms. The summed E-state index contributed by atoms with van der Waals surface area (Å²) in [5, 5.41) is 2.60. The summed E-state index contributed by atoms with van der Waals surface area (Å²) >= 11 is 0. The van der Waals surface area contributed by atoms with Crippen molar-refractivity contribution in [1.82, 2.24) is 14.6 Å². The summed E-state index contributed by atoms with van der Waals surface area (Å²) in [6, 6.07) is 1.46. The van der Waals surface area contributed by atoms with Crippen LogP contribution in [0.2, 0.25) is 0 Å². The second kappa shape index (κ2) is 1.95. The van der Waals surface area contributed by atoms with Crippen LogP contribution in [0.5, 0.6) is 0 Å². The summed E-state index contributed by atoms with van der Waals surface area (Å²) in [7, 11) is 0. The number of hydrogen-bond donors (Lipinski definition) is 1. The van der Waals surface area contributed by atoms with Gasteiger partial charge in [-0.2, -0.15) is 0 Å². The topological polar surface area (TPSA) is 50.2 Å². The van der Waals surface area contributed by atoms with Gasteiger partial charge in [0.1, 0.15) is 0 Å². The van der Waals surface area contributed by atoms with E-state index in [9.17, 15) is 4.79 Å². The van der Waals surface area contributed by atoms with E-state index in [1.807, 2.05) is 13.1 Å². The van der Waals surface area contributed by atoms with Crippen LogP contribution in [0.1, 0.15) is 5.56 Å². The van der Waals surface area contributed by atoms with Gasteiger partial charge in [0, 0.05) is 18.5 Å². The molecule has 0 saturated heterocycles. The molecular formula is C7H7N3O. The Morgan fingerprint density at radius 2 is 2.45 bits per heavy atom. The maximum Gasteiger partial charge on any atom is 0.266 e. The van der Waals surface area contributed by atoms with Crippen LogP contribution in [-0.2, 0) is 0 Å². The lowest BCUT2D eigenvalue weighted by Crippen LogP contribution is -1.98. The molecule has 0 aliphatic heterocycles. The molecule has 0 radical (unpaired) electrons. The first-order valence-electron chi connectivity index (χ1n) is 3.30. The minimum Gasteiger partial charge on any atom is -0.268 e. The molecule has 4 heteroatoms. The number of nitrogens with zero attached hydrogens (tertiary/aromatic N) is 2.